The first kappa shape index (κ1) is 11.7. The predicted octanol–water partition coefficient (Wildman–Crippen LogP) is 4.47. The molecule has 0 spiro atoms. The largest absolute Gasteiger partial charge is 0.198 e. The smallest absolute Gasteiger partial charge is 0.0621 e. The fraction of sp³-hybridized carbons (Fsp3) is 0.312. The Morgan fingerprint density at radius 3 is 2.59 bits per heavy atom. The van der Waals surface area contributed by atoms with E-state index in [2.05, 4.69) is 48.5 Å². The lowest BCUT2D eigenvalue weighted by molar-refractivity contribution is 0.692. The molecule has 0 unspecified atom stereocenters. The van der Waals surface area contributed by atoms with Crippen LogP contribution in [0.4, 0.5) is 0 Å². The Morgan fingerprint density at radius 2 is 1.71 bits per heavy atom. The Bertz CT molecular complexity index is 517. The summed E-state index contributed by atoms with van der Waals surface area (Å²) in [6.45, 7) is 0. The van der Waals surface area contributed by atoms with Crippen molar-refractivity contribution in [3.63, 3.8) is 0 Å². The van der Waals surface area contributed by atoms with Crippen molar-refractivity contribution in [2.24, 2.45) is 0 Å². The van der Waals surface area contributed by atoms with E-state index in [1.165, 1.54) is 22.8 Å². The highest BCUT2D eigenvalue weighted by Gasteiger charge is 1.99. The third-order valence-electron chi connectivity index (χ3n) is 3.11. The van der Waals surface area contributed by atoms with Crippen LogP contribution in [0.2, 0.25) is 0 Å². The number of unbranched alkanes of at least 4 members (excludes halogenated alkanes) is 3. The average molecular weight is 223 g/mol. The van der Waals surface area contributed by atoms with Gasteiger partial charge in [0, 0.05) is 6.42 Å². The summed E-state index contributed by atoms with van der Waals surface area (Å²) in [6, 6.07) is 17.2. The first-order chi connectivity index (χ1) is 8.42. The standard InChI is InChI=1S/C16H17N/c17-13-6-2-1-3-8-14-10-7-11-15-9-4-5-12-16(14)15/h4-5,7,9-12H,1-3,6,8H2. The molecular formula is C16H17N. The molecule has 17 heavy (non-hydrogen) atoms. The highest BCUT2D eigenvalue weighted by Crippen LogP contribution is 2.20. The van der Waals surface area contributed by atoms with Crippen LogP contribution in [-0.4, -0.2) is 0 Å². The van der Waals surface area contributed by atoms with Crippen LogP contribution in [0.1, 0.15) is 31.2 Å². The number of hydrogen-bond donors (Lipinski definition) is 0. The summed E-state index contributed by atoms with van der Waals surface area (Å²) in [4.78, 5) is 0. The minimum Gasteiger partial charge on any atom is -0.198 e. The molecule has 1 heteroatoms. The first-order valence-electron chi connectivity index (χ1n) is 6.25. The van der Waals surface area contributed by atoms with Gasteiger partial charge in [-0.2, -0.15) is 5.26 Å². The monoisotopic (exact) mass is 223 g/mol. The number of rotatable bonds is 5. The zero-order valence-electron chi connectivity index (χ0n) is 10.0. The van der Waals surface area contributed by atoms with Gasteiger partial charge >= 0.3 is 0 Å². The summed E-state index contributed by atoms with van der Waals surface area (Å²) in [5.41, 5.74) is 1.43. The minimum absolute atomic E-state index is 0.690. The highest BCUT2D eigenvalue weighted by molar-refractivity contribution is 5.85. The Labute approximate surface area is 103 Å². The van der Waals surface area contributed by atoms with Crippen molar-refractivity contribution in [3.8, 4) is 6.07 Å². The van der Waals surface area contributed by atoms with Gasteiger partial charge < -0.3 is 0 Å². The van der Waals surface area contributed by atoms with E-state index < -0.39 is 0 Å². The molecule has 0 aromatic heterocycles. The quantitative estimate of drug-likeness (QED) is 0.686. The van der Waals surface area contributed by atoms with Gasteiger partial charge in [0.25, 0.3) is 0 Å². The van der Waals surface area contributed by atoms with Crippen molar-refractivity contribution in [2.75, 3.05) is 0 Å². The van der Waals surface area contributed by atoms with Gasteiger partial charge in [-0.15, -0.1) is 0 Å². The second kappa shape index (κ2) is 6.06. The van der Waals surface area contributed by atoms with Crippen LogP contribution >= 0.6 is 0 Å². The average Bonchev–Trinajstić information content (AvgIpc) is 2.39. The van der Waals surface area contributed by atoms with E-state index in [-0.39, 0.29) is 0 Å². The van der Waals surface area contributed by atoms with Gasteiger partial charge in [-0.3, -0.25) is 0 Å². The summed E-state index contributed by atoms with van der Waals surface area (Å²) in [7, 11) is 0. The molecule has 0 saturated heterocycles. The lowest BCUT2D eigenvalue weighted by Gasteiger charge is -2.05. The van der Waals surface area contributed by atoms with Crippen molar-refractivity contribution < 1.29 is 0 Å². The minimum atomic E-state index is 0.690. The SMILES string of the molecule is N#CCCCCCc1cccc2ccccc12. The maximum atomic E-state index is 8.47. The number of fused-ring (bicyclic) bond motifs is 1. The van der Waals surface area contributed by atoms with Crippen LogP contribution in [0, 0.1) is 11.3 Å². The number of nitrogens with zero attached hydrogens (tertiary/aromatic N) is 1. The van der Waals surface area contributed by atoms with E-state index in [1.54, 1.807) is 0 Å². The normalized spacial score (nSPS) is 10.3. The zero-order valence-corrected chi connectivity index (χ0v) is 10.0. The maximum absolute atomic E-state index is 8.47. The van der Waals surface area contributed by atoms with Gasteiger partial charge in [0.15, 0.2) is 0 Å². The Balaban J connectivity index is 2.01. The highest BCUT2D eigenvalue weighted by atomic mass is 14.2. The van der Waals surface area contributed by atoms with E-state index in [0.717, 1.165) is 19.3 Å². The molecule has 0 aliphatic carbocycles. The maximum Gasteiger partial charge on any atom is 0.0621 e. The van der Waals surface area contributed by atoms with Gasteiger partial charge in [-0.25, -0.2) is 0 Å². The topological polar surface area (TPSA) is 23.8 Å². The van der Waals surface area contributed by atoms with Gasteiger partial charge in [-0.1, -0.05) is 48.9 Å². The fourth-order valence-corrected chi connectivity index (χ4v) is 2.21. The van der Waals surface area contributed by atoms with Crippen LogP contribution in [0.25, 0.3) is 10.8 Å². The number of nitriles is 1. The van der Waals surface area contributed by atoms with Gasteiger partial charge in [0.05, 0.1) is 6.07 Å². The third kappa shape index (κ3) is 3.07. The molecule has 0 saturated carbocycles. The van der Waals surface area contributed by atoms with E-state index >= 15 is 0 Å². The Hall–Kier alpha value is -1.81. The first-order valence-corrected chi connectivity index (χ1v) is 6.25. The zero-order chi connectivity index (χ0) is 11.9. The summed E-state index contributed by atoms with van der Waals surface area (Å²) in [6.07, 6.45) is 5.16. The summed E-state index contributed by atoms with van der Waals surface area (Å²) < 4.78 is 0. The second-order valence-corrected chi connectivity index (χ2v) is 4.36. The molecule has 0 aliphatic heterocycles. The summed E-state index contributed by atoms with van der Waals surface area (Å²) >= 11 is 0. The van der Waals surface area contributed by atoms with Crippen molar-refractivity contribution >= 4 is 10.8 Å². The molecule has 2 aromatic carbocycles. The molecule has 0 heterocycles. The molecule has 2 aromatic rings. The molecule has 0 fully saturated rings. The van der Waals surface area contributed by atoms with Gasteiger partial charge in [0.1, 0.15) is 0 Å². The molecule has 2 rings (SSSR count). The number of benzene rings is 2. The van der Waals surface area contributed by atoms with Crippen LogP contribution in [0.5, 0.6) is 0 Å². The molecule has 1 nitrogen and oxygen atoms in total. The number of hydrogen-bond acceptors (Lipinski definition) is 1. The van der Waals surface area contributed by atoms with E-state index in [4.69, 9.17) is 5.26 Å². The fourth-order valence-electron chi connectivity index (χ4n) is 2.21. The van der Waals surface area contributed by atoms with E-state index in [9.17, 15) is 0 Å². The molecule has 86 valence electrons. The molecular weight excluding hydrogens is 206 g/mol. The van der Waals surface area contributed by atoms with Crippen molar-refractivity contribution in [2.45, 2.75) is 32.1 Å². The number of aryl methyl sites for hydroxylation is 1. The molecule has 0 atom stereocenters. The van der Waals surface area contributed by atoms with E-state index in [0.29, 0.717) is 6.42 Å². The van der Waals surface area contributed by atoms with Crippen LogP contribution in [0.15, 0.2) is 42.5 Å². The van der Waals surface area contributed by atoms with E-state index in [1.807, 2.05) is 0 Å². The lowest BCUT2D eigenvalue weighted by Crippen LogP contribution is -1.87. The lowest BCUT2D eigenvalue weighted by atomic mass is 9.99. The molecule has 0 N–H and O–H groups in total. The van der Waals surface area contributed by atoms with Gasteiger partial charge in [-0.05, 0) is 35.6 Å². The molecule has 0 aliphatic rings. The van der Waals surface area contributed by atoms with Crippen LogP contribution < -0.4 is 0 Å². The Morgan fingerprint density at radius 1 is 0.882 bits per heavy atom. The molecule has 0 amide bonds. The van der Waals surface area contributed by atoms with Crippen molar-refractivity contribution in [1.82, 2.24) is 0 Å². The summed E-state index contributed by atoms with van der Waals surface area (Å²) in [5, 5.41) is 11.2. The Kier molecular flexibility index (Phi) is 4.16. The molecule has 0 bridgehead atoms. The third-order valence-corrected chi connectivity index (χ3v) is 3.11. The van der Waals surface area contributed by atoms with Gasteiger partial charge in [0.2, 0.25) is 0 Å². The van der Waals surface area contributed by atoms with Crippen LogP contribution in [0.3, 0.4) is 0 Å². The summed E-state index contributed by atoms with van der Waals surface area (Å²) in [5.74, 6) is 0. The predicted molar refractivity (Wildman–Crippen MR) is 71.7 cm³/mol. The van der Waals surface area contributed by atoms with Crippen LogP contribution in [-0.2, 0) is 6.42 Å². The van der Waals surface area contributed by atoms with Crippen molar-refractivity contribution in [1.29, 1.82) is 5.26 Å². The molecule has 0 radical (unpaired) electrons. The second-order valence-electron chi connectivity index (χ2n) is 4.36. The van der Waals surface area contributed by atoms with Crippen molar-refractivity contribution in [3.05, 3.63) is 48.0 Å².